The van der Waals surface area contributed by atoms with Gasteiger partial charge in [-0.15, -0.1) is 0 Å². The number of pyridine rings is 1. The van der Waals surface area contributed by atoms with Crippen molar-refractivity contribution in [2.45, 2.75) is 44.3 Å². The van der Waals surface area contributed by atoms with Crippen LogP contribution >= 0.6 is 0 Å². The zero-order valence-corrected chi connectivity index (χ0v) is 14.8. The van der Waals surface area contributed by atoms with Gasteiger partial charge >= 0.3 is 0 Å². The summed E-state index contributed by atoms with van der Waals surface area (Å²) in [7, 11) is -1.22. The number of hydrogen-bond donors (Lipinski definition) is 1. The summed E-state index contributed by atoms with van der Waals surface area (Å²) in [5, 5.41) is 2.92. The summed E-state index contributed by atoms with van der Waals surface area (Å²) in [4.78, 5) is 16.3. The van der Waals surface area contributed by atoms with Crippen molar-refractivity contribution in [3.8, 4) is 0 Å². The van der Waals surface area contributed by atoms with Gasteiger partial charge in [0.25, 0.3) is 0 Å². The molecule has 0 radical (unpaired) electrons. The molecule has 0 aromatic carbocycles. The quantitative estimate of drug-likeness (QED) is 0.837. The van der Waals surface area contributed by atoms with Gasteiger partial charge in [-0.25, -0.2) is 4.98 Å². The Morgan fingerprint density at radius 1 is 1.29 bits per heavy atom. The maximum Gasteiger partial charge on any atom is 0.232 e. The van der Waals surface area contributed by atoms with Gasteiger partial charge < -0.3 is 9.72 Å². The minimum atomic E-state index is -1.22. The monoisotopic (exact) mass is 347 g/mol. The molecule has 2 aromatic rings. The van der Waals surface area contributed by atoms with Crippen molar-refractivity contribution in [1.29, 1.82) is 0 Å². The third kappa shape index (κ3) is 4.90. The zero-order valence-electron chi connectivity index (χ0n) is 13.9. The van der Waals surface area contributed by atoms with Gasteiger partial charge in [0.1, 0.15) is 11.4 Å². The predicted octanol–water partition coefficient (Wildman–Crippen LogP) is 2.67. The van der Waals surface area contributed by atoms with Gasteiger partial charge in [0.15, 0.2) is 0 Å². The van der Waals surface area contributed by atoms with Gasteiger partial charge in [-0.1, -0.05) is 38.2 Å². The van der Waals surface area contributed by atoms with Crippen LogP contribution in [-0.2, 0) is 21.3 Å². The number of fused-ring (bicyclic) bond motifs is 1. The molecule has 1 aliphatic rings. The van der Waals surface area contributed by atoms with E-state index in [4.69, 9.17) is 0 Å². The van der Waals surface area contributed by atoms with E-state index in [1.165, 1.54) is 32.1 Å². The number of carbonyl (C=O) groups is 1. The van der Waals surface area contributed by atoms with E-state index in [9.17, 15) is 9.00 Å². The number of hydrogen-bond acceptors (Lipinski definition) is 3. The Morgan fingerprint density at radius 3 is 2.92 bits per heavy atom. The SMILES string of the molecule is O=C(CS(=O)Cc1cn2ccccc2n1)NCCC1CCCCC1. The number of imidazole rings is 1. The van der Waals surface area contributed by atoms with Crippen molar-refractivity contribution in [2.24, 2.45) is 5.92 Å². The lowest BCUT2D eigenvalue weighted by Gasteiger charge is -2.21. The molecule has 1 saturated carbocycles. The Balaban J connectivity index is 1.40. The highest BCUT2D eigenvalue weighted by atomic mass is 32.2. The van der Waals surface area contributed by atoms with Crippen molar-refractivity contribution in [3.05, 3.63) is 36.3 Å². The lowest BCUT2D eigenvalue weighted by atomic mass is 9.87. The zero-order chi connectivity index (χ0) is 16.8. The topological polar surface area (TPSA) is 63.5 Å². The van der Waals surface area contributed by atoms with Crippen LogP contribution in [0.1, 0.15) is 44.2 Å². The first kappa shape index (κ1) is 17.1. The van der Waals surface area contributed by atoms with Crippen LogP contribution in [0.4, 0.5) is 0 Å². The largest absolute Gasteiger partial charge is 0.355 e. The van der Waals surface area contributed by atoms with Crippen LogP contribution in [-0.4, -0.2) is 31.8 Å². The Labute approximate surface area is 145 Å². The molecule has 130 valence electrons. The average molecular weight is 347 g/mol. The van der Waals surface area contributed by atoms with Crippen LogP contribution < -0.4 is 5.32 Å². The maximum atomic E-state index is 12.2. The average Bonchev–Trinajstić information content (AvgIpc) is 2.97. The fraction of sp³-hybridized carbons (Fsp3) is 0.556. The van der Waals surface area contributed by atoms with Gasteiger partial charge in [0.2, 0.25) is 5.91 Å². The number of nitrogens with one attached hydrogen (secondary N) is 1. The molecule has 2 heterocycles. The van der Waals surface area contributed by atoms with Gasteiger partial charge in [0.05, 0.1) is 11.4 Å². The van der Waals surface area contributed by atoms with Gasteiger partial charge in [0, 0.05) is 29.7 Å². The van der Waals surface area contributed by atoms with E-state index in [-0.39, 0.29) is 11.7 Å². The number of carbonyl (C=O) groups excluding carboxylic acids is 1. The predicted molar refractivity (Wildman–Crippen MR) is 96.1 cm³/mol. The van der Waals surface area contributed by atoms with Crippen molar-refractivity contribution in [1.82, 2.24) is 14.7 Å². The first-order valence-electron chi connectivity index (χ1n) is 8.75. The molecule has 2 aromatic heterocycles. The van der Waals surface area contributed by atoms with Crippen LogP contribution in [0.25, 0.3) is 5.65 Å². The van der Waals surface area contributed by atoms with E-state index in [1.807, 2.05) is 35.0 Å². The Kier molecular flexibility index (Phi) is 6.01. The maximum absolute atomic E-state index is 12.2. The number of aromatic nitrogens is 2. The molecule has 1 unspecified atom stereocenters. The Morgan fingerprint density at radius 2 is 2.12 bits per heavy atom. The first-order valence-corrected chi connectivity index (χ1v) is 10.2. The second-order valence-corrected chi connectivity index (χ2v) is 8.03. The summed E-state index contributed by atoms with van der Waals surface area (Å²) in [5.41, 5.74) is 1.59. The van der Waals surface area contributed by atoms with E-state index in [1.54, 1.807) is 0 Å². The minimum Gasteiger partial charge on any atom is -0.355 e. The summed E-state index contributed by atoms with van der Waals surface area (Å²) >= 11 is 0. The summed E-state index contributed by atoms with van der Waals surface area (Å²) in [5.74, 6) is 1.01. The molecule has 24 heavy (non-hydrogen) atoms. The molecule has 0 bridgehead atoms. The fourth-order valence-electron chi connectivity index (χ4n) is 3.36. The summed E-state index contributed by atoms with van der Waals surface area (Å²) in [6, 6.07) is 5.75. The highest BCUT2D eigenvalue weighted by molar-refractivity contribution is 7.84. The van der Waals surface area contributed by atoms with Crippen LogP contribution in [0.5, 0.6) is 0 Å². The fourth-order valence-corrected chi connectivity index (χ4v) is 4.33. The molecule has 3 rings (SSSR count). The Bertz CT molecular complexity index is 674. The van der Waals surface area contributed by atoms with E-state index in [2.05, 4.69) is 10.3 Å². The lowest BCUT2D eigenvalue weighted by Crippen LogP contribution is -2.30. The van der Waals surface area contributed by atoms with Crippen LogP contribution in [0.2, 0.25) is 0 Å². The van der Waals surface area contributed by atoms with Crippen molar-refractivity contribution in [3.63, 3.8) is 0 Å². The summed E-state index contributed by atoms with van der Waals surface area (Å²) in [6.45, 7) is 0.703. The molecule has 0 aliphatic heterocycles. The first-order chi connectivity index (χ1) is 11.7. The van der Waals surface area contributed by atoms with Gasteiger partial charge in [-0.3, -0.25) is 9.00 Å². The molecule has 0 saturated heterocycles. The van der Waals surface area contributed by atoms with Crippen molar-refractivity contribution >= 4 is 22.4 Å². The minimum absolute atomic E-state index is 0.0541. The molecule has 1 N–H and O–H groups in total. The second-order valence-electron chi connectivity index (χ2n) is 6.57. The van der Waals surface area contributed by atoms with E-state index in [0.717, 1.165) is 23.7 Å². The van der Waals surface area contributed by atoms with Crippen molar-refractivity contribution in [2.75, 3.05) is 12.3 Å². The molecule has 1 atom stereocenters. The third-order valence-electron chi connectivity index (χ3n) is 4.61. The highest BCUT2D eigenvalue weighted by Gasteiger charge is 2.14. The molecular weight excluding hydrogens is 322 g/mol. The van der Waals surface area contributed by atoms with Crippen LogP contribution in [0, 0.1) is 5.92 Å². The molecule has 6 heteroatoms. The van der Waals surface area contributed by atoms with E-state index >= 15 is 0 Å². The Hall–Kier alpha value is -1.69. The normalized spacial score (nSPS) is 17.0. The van der Waals surface area contributed by atoms with Crippen LogP contribution in [0.3, 0.4) is 0 Å². The van der Waals surface area contributed by atoms with Crippen LogP contribution in [0.15, 0.2) is 30.6 Å². The third-order valence-corrected chi connectivity index (χ3v) is 5.82. The van der Waals surface area contributed by atoms with Crippen molar-refractivity contribution < 1.29 is 9.00 Å². The van der Waals surface area contributed by atoms with E-state index < -0.39 is 10.8 Å². The summed E-state index contributed by atoms with van der Waals surface area (Å²) in [6.07, 6.45) is 11.4. The molecule has 5 nitrogen and oxygen atoms in total. The second kappa shape index (κ2) is 8.42. The molecule has 0 spiro atoms. The highest BCUT2D eigenvalue weighted by Crippen LogP contribution is 2.25. The number of rotatable bonds is 7. The molecule has 1 amide bonds. The van der Waals surface area contributed by atoms with Gasteiger partial charge in [-0.05, 0) is 24.5 Å². The molecular formula is C18H25N3O2S. The molecule has 1 aliphatic carbocycles. The van der Waals surface area contributed by atoms with E-state index in [0.29, 0.717) is 12.3 Å². The standard InChI is InChI=1S/C18H25N3O2S/c22-18(19-10-9-15-6-2-1-3-7-15)14-24(23)13-16-12-21-11-5-4-8-17(21)20-16/h4-5,8,11-12,15H,1-3,6-7,9-10,13-14H2,(H,19,22). The lowest BCUT2D eigenvalue weighted by molar-refractivity contribution is -0.118. The van der Waals surface area contributed by atoms with Gasteiger partial charge in [-0.2, -0.15) is 0 Å². The number of amides is 1. The smallest absolute Gasteiger partial charge is 0.232 e. The summed E-state index contributed by atoms with van der Waals surface area (Å²) < 4.78 is 14.1. The number of nitrogens with zero attached hydrogens (tertiary/aromatic N) is 2. The molecule has 1 fully saturated rings.